The van der Waals surface area contributed by atoms with Crippen molar-refractivity contribution in [2.24, 2.45) is 0 Å². The summed E-state index contributed by atoms with van der Waals surface area (Å²) in [5.41, 5.74) is 3.83. The van der Waals surface area contributed by atoms with Crippen molar-refractivity contribution in [3.8, 4) is 11.5 Å². The van der Waals surface area contributed by atoms with Crippen molar-refractivity contribution in [1.29, 1.82) is 0 Å². The van der Waals surface area contributed by atoms with Gasteiger partial charge in [-0.15, -0.1) is 6.58 Å². The van der Waals surface area contributed by atoms with Crippen molar-refractivity contribution < 1.29 is 14.9 Å². The molecule has 0 aliphatic rings. The fraction of sp³-hybridized carbons (Fsp3) is 0.263. The Hall–Kier alpha value is -2.30. The van der Waals surface area contributed by atoms with Crippen LogP contribution in [0, 0.1) is 0 Å². The van der Waals surface area contributed by atoms with Gasteiger partial charge in [0.2, 0.25) is 0 Å². The van der Waals surface area contributed by atoms with Gasteiger partial charge in [-0.1, -0.05) is 36.4 Å². The quantitative estimate of drug-likeness (QED) is 0.656. The lowest BCUT2D eigenvalue weighted by atomic mass is 10.0. The summed E-state index contributed by atoms with van der Waals surface area (Å²) in [7, 11) is 1.54. The van der Waals surface area contributed by atoms with Crippen LogP contribution in [0.1, 0.15) is 22.3 Å². The second kappa shape index (κ2) is 8.36. The topological polar surface area (TPSA) is 61.7 Å². The summed E-state index contributed by atoms with van der Waals surface area (Å²) in [5.74, 6) is 0.638. The molecule has 0 spiro atoms. The number of aliphatic hydroxyl groups excluding tert-OH is 1. The van der Waals surface area contributed by atoms with E-state index in [4.69, 9.17) is 4.74 Å². The number of nitrogens with one attached hydrogen (secondary N) is 1. The van der Waals surface area contributed by atoms with Crippen LogP contribution < -0.4 is 10.1 Å². The Kier molecular flexibility index (Phi) is 6.20. The molecule has 2 aromatic rings. The molecule has 0 heterocycles. The van der Waals surface area contributed by atoms with Crippen molar-refractivity contribution in [2.45, 2.75) is 26.1 Å². The van der Waals surface area contributed by atoms with Gasteiger partial charge in [0.25, 0.3) is 0 Å². The van der Waals surface area contributed by atoms with Crippen molar-refractivity contribution in [2.75, 3.05) is 7.11 Å². The molecule has 4 nitrogen and oxygen atoms in total. The average molecular weight is 313 g/mol. The molecule has 0 fully saturated rings. The van der Waals surface area contributed by atoms with E-state index in [1.165, 1.54) is 0 Å². The Bertz CT molecular complexity index is 668. The van der Waals surface area contributed by atoms with E-state index in [0.717, 1.165) is 22.3 Å². The summed E-state index contributed by atoms with van der Waals surface area (Å²) in [6, 6.07) is 11.6. The summed E-state index contributed by atoms with van der Waals surface area (Å²) in [5, 5.41) is 22.8. The van der Waals surface area contributed by atoms with Gasteiger partial charge in [-0.25, -0.2) is 0 Å². The fourth-order valence-corrected chi connectivity index (χ4v) is 2.52. The molecule has 23 heavy (non-hydrogen) atoms. The number of hydrogen-bond acceptors (Lipinski definition) is 4. The zero-order chi connectivity index (χ0) is 16.7. The highest BCUT2D eigenvalue weighted by Crippen LogP contribution is 2.32. The number of rotatable bonds is 8. The molecule has 122 valence electrons. The molecule has 0 aromatic heterocycles. The molecular formula is C19H23NO3. The maximum atomic E-state index is 10.1. The van der Waals surface area contributed by atoms with Crippen LogP contribution in [-0.4, -0.2) is 17.3 Å². The molecule has 0 bridgehead atoms. The Morgan fingerprint density at radius 3 is 2.52 bits per heavy atom. The van der Waals surface area contributed by atoms with Gasteiger partial charge in [0.1, 0.15) is 0 Å². The number of aromatic hydroxyl groups is 1. The first-order chi connectivity index (χ1) is 11.2. The van der Waals surface area contributed by atoms with E-state index in [1.54, 1.807) is 13.2 Å². The molecule has 0 aliphatic heterocycles. The summed E-state index contributed by atoms with van der Waals surface area (Å²) in [6.45, 7) is 5.05. The number of phenols is 1. The number of aliphatic hydroxyl groups is 1. The molecule has 2 rings (SSSR count). The lowest BCUT2D eigenvalue weighted by Crippen LogP contribution is -2.14. The van der Waals surface area contributed by atoms with Crippen molar-refractivity contribution in [3.63, 3.8) is 0 Å². The molecule has 0 aliphatic carbocycles. The molecule has 3 N–H and O–H groups in total. The van der Waals surface area contributed by atoms with E-state index < -0.39 is 0 Å². The van der Waals surface area contributed by atoms with Crippen LogP contribution in [0.2, 0.25) is 0 Å². The predicted molar refractivity (Wildman–Crippen MR) is 91.5 cm³/mol. The van der Waals surface area contributed by atoms with E-state index in [2.05, 4.69) is 11.9 Å². The van der Waals surface area contributed by atoms with Gasteiger partial charge < -0.3 is 20.3 Å². The number of benzene rings is 2. The second-order valence-electron chi connectivity index (χ2n) is 5.33. The van der Waals surface area contributed by atoms with Gasteiger partial charge >= 0.3 is 0 Å². The normalized spacial score (nSPS) is 10.5. The third-order valence-electron chi connectivity index (χ3n) is 3.73. The van der Waals surface area contributed by atoms with Crippen LogP contribution in [0.3, 0.4) is 0 Å². The van der Waals surface area contributed by atoms with Crippen LogP contribution in [0.5, 0.6) is 11.5 Å². The number of allylic oxidation sites excluding steroid dienone is 1. The molecule has 0 unspecified atom stereocenters. The first-order valence-electron chi connectivity index (χ1n) is 7.57. The third kappa shape index (κ3) is 4.34. The van der Waals surface area contributed by atoms with Crippen molar-refractivity contribution >= 4 is 0 Å². The third-order valence-corrected chi connectivity index (χ3v) is 3.73. The molecule has 4 heteroatoms. The molecule has 2 aromatic carbocycles. The van der Waals surface area contributed by atoms with Crippen LogP contribution in [0.25, 0.3) is 0 Å². The highest BCUT2D eigenvalue weighted by Gasteiger charge is 2.10. The maximum absolute atomic E-state index is 10.1. The summed E-state index contributed by atoms with van der Waals surface area (Å²) in [6.07, 6.45) is 2.34. The highest BCUT2D eigenvalue weighted by atomic mass is 16.5. The van der Waals surface area contributed by atoms with Gasteiger partial charge in [0, 0.05) is 18.7 Å². The summed E-state index contributed by atoms with van der Waals surface area (Å²) < 4.78 is 5.23. The van der Waals surface area contributed by atoms with Crippen LogP contribution in [0.4, 0.5) is 0 Å². The highest BCUT2D eigenvalue weighted by molar-refractivity contribution is 5.49. The van der Waals surface area contributed by atoms with E-state index in [1.807, 2.05) is 36.4 Å². The van der Waals surface area contributed by atoms with Crippen molar-refractivity contribution in [1.82, 2.24) is 5.32 Å². The van der Waals surface area contributed by atoms with Crippen LogP contribution in [0.15, 0.2) is 49.1 Å². The number of hydrogen-bond donors (Lipinski definition) is 3. The maximum Gasteiger partial charge on any atom is 0.161 e. The molecule has 0 saturated heterocycles. The summed E-state index contributed by atoms with van der Waals surface area (Å²) in [4.78, 5) is 0. The average Bonchev–Trinajstić information content (AvgIpc) is 2.58. The first kappa shape index (κ1) is 17.1. The molecule has 0 amide bonds. The number of ether oxygens (including phenoxy) is 1. The fourth-order valence-electron chi connectivity index (χ4n) is 2.52. The number of methoxy groups -OCH3 is 1. The second-order valence-corrected chi connectivity index (χ2v) is 5.33. The van der Waals surface area contributed by atoms with Gasteiger partial charge in [0.15, 0.2) is 11.5 Å². The molecule has 0 saturated carbocycles. The van der Waals surface area contributed by atoms with Gasteiger partial charge in [-0.3, -0.25) is 0 Å². The zero-order valence-electron chi connectivity index (χ0n) is 13.4. The lowest BCUT2D eigenvalue weighted by molar-refractivity contribution is 0.280. The Balaban J connectivity index is 2.08. The largest absolute Gasteiger partial charge is 0.504 e. The Labute approximate surface area is 137 Å². The minimum absolute atomic E-state index is 0.0361. The molecule has 0 radical (unpaired) electrons. The SMILES string of the molecule is C=CCc1cc(CNCc2ccccc2CO)cc(OC)c1O. The van der Waals surface area contributed by atoms with Crippen LogP contribution in [-0.2, 0) is 26.1 Å². The predicted octanol–water partition coefficient (Wildman–Crippen LogP) is 2.91. The lowest BCUT2D eigenvalue weighted by Gasteiger charge is -2.13. The van der Waals surface area contributed by atoms with Gasteiger partial charge in [-0.05, 0) is 29.2 Å². The number of phenolic OH excluding ortho intramolecular Hbond substituents is 1. The monoisotopic (exact) mass is 313 g/mol. The van der Waals surface area contributed by atoms with E-state index in [0.29, 0.717) is 25.3 Å². The summed E-state index contributed by atoms with van der Waals surface area (Å²) >= 11 is 0. The molecular weight excluding hydrogens is 290 g/mol. The van der Waals surface area contributed by atoms with Crippen molar-refractivity contribution in [3.05, 3.63) is 71.3 Å². The van der Waals surface area contributed by atoms with E-state index in [9.17, 15) is 10.2 Å². The van der Waals surface area contributed by atoms with Gasteiger partial charge in [-0.2, -0.15) is 0 Å². The standard InChI is InChI=1S/C19H23NO3/c1-3-6-15-9-14(10-18(23-2)19(15)22)11-20-12-16-7-4-5-8-17(16)13-21/h3-5,7-10,20-22H,1,6,11-13H2,2H3. The smallest absolute Gasteiger partial charge is 0.161 e. The Morgan fingerprint density at radius 1 is 1.13 bits per heavy atom. The minimum atomic E-state index is 0.0361. The van der Waals surface area contributed by atoms with E-state index in [-0.39, 0.29) is 12.4 Å². The van der Waals surface area contributed by atoms with Crippen LogP contribution >= 0.6 is 0 Å². The molecule has 0 atom stereocenters. The first-order valence-corrected chi connectivity index (χ1v) is 7.57. The van der Waals surface area contributed by atoms with E-state index >= 15 is 0 Å². The minimum Gasteiger partial charge on any atom is -0.504 e. The Morgan fingerprint density at radius 2 is 1.87 bits per heavy atom. The van der Waals surface area contributed by atoms with Gasteiger partial charge in [0.05, 0.1) is 13.7 Å². The zero-order valence-corrected chi connectivity index (χ0v) is 13.4.